The predicted octanol–water partition coefficient (Wildman–Crippen LogP) is 3.45. The number of rotatable bonds is 6. The maximum Gasteiger partial charge on any atom is 0.307 e. The molecule has 0 aliphatic heterocycles. The van der Waals surface area contributed by atoms with Crippen molar-refractivity contribution in [3.05, 3.63) is 65.7 Å². The minimum atomic E-state index is -0.912. The lowest BCUT2D eigenvalue weighted by atomic mass is 9.78. The van der Waals surface area contributed by atoms with E-state index in [2.05, 4.69) is 10.6 Å². The van der Waals surface area contributed by atoms with Gasteiger partial charge in [0.15, 0.2) is 0 Å². The summed E-state index contributed by atoms with van der Waals surface area (Å²) < 4.78 is 0. The van der Waals surface area contributed by atoms with Gasteiger partial charge in [-0.25, -0.2) is 0 Å². The standard InChI is InChI=1S/C22H24N2O4/c25-20(23-14-15-6-2-1-3-7-15)16-10-12-17(13-11-16)24-21(26)18-8-4-5-9-19(18)22(27)28/h1-3,6-7,10-13,18-19H,4-5,8-9,14H2,(H,23,25)(H,24,26)(H,27,28)/t18-,19+/m1/s1. The second kappa shape index (κ2) is 9.17. The van der Waals surface area contributed by atoms with Crippen molar-refractivity contribution in [2.24, 2.45) is 11.8 Å². The maximum absolute atomic E-state index is 12.5. The van der Waals surface area contributed by atoms with Crippen LogP contribution in [0.3, 0.4) is 0 Å². The summed E-state index contributed by atoms with van der Waals surface area (Å²) in [5.74, 6) is -2.52. The fraction of sp³-hybridized carbons (Fsp3) is 0.318. The highest BCUT2D eigenvalue weighted by atomic mass is 16.4. The van der Waals surface area contributed by atoms with Gasteiger partial charge in [0.1, 0.15) is 0 Å². The Kier molecular flexibility index (Phi) is 6.42. The Labute approximate surface area is 164 Å². The molecule has 146 valence electrons. The second-order valence-corrected chi connectivity index (χ2v) is 7.07. The number of carboxylic acids is 1. The number of amides is 2. The van der Waals surface area contributed by atoms with Crippen LogP contribution in [-0.4, -0.2) is 22.9 Å². The Morgan fingerprint density at radius 1 is 0.893 bits per heavy atom. The molecule has 1 aliphatic rings. The Morgan fingerprint density at radius 2 is 1.54 bits per heavy atom. The van der Waals surface area contributed by atoms with E-state index in [4.69, 9.17) is 0 Å². The molecular formula is C22H24N2O4. The minimum absolute atomic E-state index is 0.194. The van der Waals surface area contributed by atoms with Crippen LogP contribution in [0.4, 0.5) is 5.69 Å². The number of carboxylic acid groups (broad SMARTS) is 1. The number of hydrogen-bond donors (Lipinski definition) is 3. The molecule has 28 heavy (non-hydrogen) atoms. The molecule has 3 rings (SSSR count). The largest absolute Gasteiger partial charge is 0.481 e. The molecule has 3 N–H and O–H groups in total. The van der Waals surface area contributed by atoms with E-state index < -0.39 is 17.8 Å². The first-order valence-electron chi connectivity index (χ1n) is 9.50. The van der Waals surface area contributed by atoms with E-state index in [1.807, 2.05) is 30.3 Å². The summed E-state index contributed by atoms with van der Waals surface area (Å²) in [6, 6.07) is 16.2. The zero-order valence-corrected chi connectivity index (χ0v) is 15.6. The summed E-state index contributed by atoms with van der Waals surface area (Å²) in [5.41, 5.74) is 2.06. The molecule has 2 aromatic carbocycles. The van der Waals surface area contributed by atoms with Gasteiger partial charge in [0.05, 0.1) is 11.8 Å². The van der Waals surface area contributed by atoms with Gasteiger partial charge < -0.3 is 15.7 Å². The normalized spacial score (nSPS) is 18.9. The van der Waals surface area contributed by atoms with Crippen molar-refractivity contribution in [3.8, 4) is 0 Å². The zero-order chi connectivity index (χ0) is 19.9. The summed E-state index contributed by atoms with van der Waals surface area (Å²) in [5, 5.41) is 15.0. The van der Waals surface area contributed by atoms with Crippen molar-refractivity contribution in [2.45, 2.75) is 32.2 Å². The number of nitrogens with one attached hydrogen (secondary N) is 2. The second-order valence-electron chi connectivity index (χ2n) is 7.07. The molecule has 1 fully saturated rings. The molecule has 1 aliphatic carbocycles. The van der Waals surface area contributed by atoms with Crippen molar-refractivity contribution in [1.29, 1.82) is 0 Å². The zero-order valence-electron chi connectivity index (χ0n) is 15.6. The third kappa shape index (κ3) is 4.97. The molecule has 0 spiro atoms. The number of carbonyl (C=O) groups is 3. The first-order valence-corrected chi connectivity index (χ1v) is 9.50. The van der Waals surface area contributed by atoms with E-state index in [1.54, 1.807) is 24.3 Å². The molecular weight excluding hydrogens is 356 g/mol. The SMILES string of the molecule is O=C(NCc1ccccc1)c1ccc(NC(=O)[C@@H]2CCCC[C@@H]2C(=O)O)cc1. The molecule has 0 heterocycles. The van der Waals surface area contributed by atoms with E-state index in [9.17, 15) is 19.5 Å². The van der Waals surface area contributed by atoms with Gasteiger partial charge in [-0.2, -0.15) is 0 Å². The third-order valence-electron chi connectivity index (χ3n) is 5.13. The van der Waals surface area contributed by atoms with E-state index in [0.29, 0.717) is 30.6 Å². The molecule has 0 aromatic heterocycles. The Hall–Kier alpha value is -3.15. The molecule has 2 aromatic rings. The number of carbonyl (C=O) groups excluding carboxylic acids is 2. The van der Waals surface area contributed by atoms with Crippen LogP contribution in [0, 0.1) is 11.8 Å². The van der Waals surface area contributed by atoms with Crippen LogP contribution < -0.4 is 10.6 Å². The van der Waals surface area contributed by atoms with Crippen LogP contribution in [0.2, 0.25) is 0 Å². The fourth-order valence-corrected chi connectivity index (χ4v) is 3.56. The predicted molar refractivity (Wildman–Crippen MR) is 106 cm³/mol. The first-order chi connectivity index (χ1) is 13.5. The number of benzene rings is 2. The topological polar surface area (TPSA) is 95.5 Å². The monoisotopic (exact) mass is 380 g/mol. The third-order valence-corrected chi connectivity index (χ3v) is 5.13. The van der Waals surface area contributed by atoms with E-state index in [0.717, 1.165) is 18.4 Å². The lowest BCUT2D eigenvalue weighted by Crippen LogP contribution is -2.36. The van der Waals surface area contributed by atoms with Crippen LogP contribution in [0.5, 0.6) is 0 Å². The Bertz CT molecular complexity index is 833. The average molecular weight is 380 g/mol. The summed E-state index contributed by atoms with van der Waals surface area (Å²) in [4.78, 5) is 36.1. The summed E-state index contributed by atoms with van der Waals surface area (Å²) in [6.07, 6.45) is 2.83. The van der Waals surface area contributed by atoms with Crippen molar-refractivity contribution < 1.29 is 19.5 Å². The number of aliphatic carboxylic acids is 1. The van der Waals surface area contributed by atoms with Crippen molar-refractivity contribution in [3.63, 3.8) is 0 Å². The van der Waals surface area contributed by atoms with E-state index >= 15 is 0 Å². The highest BCUT2D eigenvalue weighted by Crippen LogP contribution is 2.31. The van der Waals surface area contributed by atoms with Gasteiger partial charge >= 0.3 is 5.97 Å². The van der Waals surface area contributed by atoms with Crippen LogP contribution >= 0.6 is 0 Å². The molecule has 2 amide bonds. The fourth-order valence-electron chi connectivity index (χ4n) is 3.56. The van der Waals surface area contributed by atoms with Gasteiger partial charge in [-0.3, -0.25) is 14.4 Å². The average Bonchev–Trinajstić information content (AvgIpc) is 2.73. The van der Waals surface area contributed by atoms with Crippen molar-refractivity contribution in [2.75, 3.05) is 5.32 Å². The molecule has 0 bridgehead atoms. The molecule has 0 unspecified atom stereocenters. The van der Waals surface area contributed by atoms with Crippen LogP contribution in [0.15, 0.2) is 54.6 Å². The molecule has 0 radical (unpaired) electrons. The van der Waals surface area contributed by atoms with Gasteiger partial charge in [-0.05, 0) is 42.7 Å². The smallest absolute Gasteiger partial charge is 0.307 e. The number of hydrogen-bond acceptors (Lipinski definition) is 3. The van der Waals surface area contributed by atoms with Gasteiger partial charge in [0.25, 0.3) is 5.91 Å². The van der Waals surface area contributed by atoms with Gasteiger partial charge in [0.2, 0.25) is 5.91 Å². The number of anilines is 1. The minimum Gasteiger partial charge on any atom is -0.481 e. The first kappa shape index (κ1) is 19.6. The Morgan fingerprint density at radius 3 is 2.18 bits per heavy atom. The summed E-state index contributed by atoms with van der Waals surface area (Å²) in [7, 11) is 0. The summed E-state index contributed by atoms with van der Waals surface area (Å²) >= 11 is 0. The highest BCUT2D eigenvalue weighted by molar-refractivity contribution is 5.97. The lowest BCUT2D eigenvalue weighted by Gasteiger charge is -2.27. The van der Waals surface area contributed by atoms with E-state index in [-0.39, 0.29) is 11.8 Å². The van der Waals surface area contributed by atoms with Gasteiger partial charge in [0, 0.05) is 17.8 Å². The molecule has 2 atom stereocenters. The van der Waals surface area contributed by atoms with Crippen molar-refractivity contribution in [1.82, 2.24) is 5.32 Å². The van der Waals surface area contributed by atoms with Crippen LogP contribution in [0.25, 0.3) is 0 Å². The summed E-state index contributed by atoms with van der Waals surface area (Å²) in [6.45, 7) is 0.441. The molecule has 6 nitrogen and oxygen atoms in total. The molecule has 0 saturated heterocycles. The molecule has 6 heteroatoms. The quantitative estimate of drug-likeness (QED) is 0.715. The lowest BCUT2D eigenvalue weighted by molar-refractivity contribution is -0.147. The highest BCUT2D eigenvalue weighted by Gasteiger charge is 2.35. The van der Waals surface area contributed by atoms with Crippen molar-refractivity contribution >= 4 is 23.5 Å². The van der Waals surface area contributed by atoms with Crippen LogP contribution in [-0.2, 0) is 16.1 Å². The molecule has 1 saturated carbocycles. The maximum atomic E-state index is 12.5. The van der Waals surface area contributed by atoms with Crippen LogP contribution in [0.1, 0.15) is 41.6 Å². The van der Waals surface area contributed by atoms with Gasteiger partial charge in [-0.1, -0.05) is 43.2 Å². The van der Waals surface area contributed by atoms with E-state index in [1.165, 1.54) is 0 Å². The van der Waals surface area contributed by atoms with Gasteiger partial charge in [-0.15, -0.1) is 0 Å². The Balaban J connectivity index is 1.57.